The summed E-state index contributed by atoms with van der Waals surface area (Å²) in [6.45, 7) is 0.418. The first-order valence-electron chi connectivity index (χ1n) is 7.23. The Balaban J connectivity index is 2.00. The van der Waals surface area contributed by atoms with E-state index in [2.05, 4.69) is 4.72 Å². The van der Waals surface area contributed by atoms with Crippen LogP contribution in [0.25, 0.3) is 0 Å². The molecule has 1 aliphatic rings. The van der Waals surface area contributed by atoms with Crippen molar-refractivity contribution in [2.45, 2.75) is 37.0 Å². The van der Waals surface area contributed by atoms with Gasteiger partial charge in [0.15, 0.2) is 0 Å². The first-order valence-corrected chi connectivity index (χ1v) is 8.72. The van der Waals surface area contributed by atoms with Crippen molar-refractivity contribution in [2.75, 3.05) is 13.7 Å². The average molecular weight is 311 g/mol. The summed E-state index contributed by atoms with van der Waals surface area (Å²) in [6, 6.07) is 5.90. The molecule has 0 heterocycles. The second-order valence-corrected chi connectivity index (χ2v) is 7.22. The number of ether oxygens (including phenoxy) is 1. The lowest BCUT2D eigenvalue weighted by Crippen LogP contribution is -2.20. The van der Waals surface area contributed by atoms with Crippen LogP contribution in [-0.4, -0.2) is 28.0 Å². The molecule has 0 radical (unpaired) electrons. The van der Waals surface area contributed by atoms with Crippen LogP contribution in [0.2, 0.25) is 0 Å². The zero-order valence-electron chi connectivity index (χ0n) is 12.2. The molecule has 0 amide bonds. The zero-order valence-corrected chi connectivity index (χ0v) is 13.0. The lowest BCUT2D eigenvalue weighted by atomic mass is 9.90. The number of hydrogen-bond acceptors (Lipinski definition) is 4. The predicted molar refractivity (Wildman–Crippen MR) is 79.5 cm³/mol. The summed E-state index contributed by atoms with van der Waals surface area (Å²) >= 11 is 0. The van der Waals surface area contributed by atoms with Gasteiger partial charge in [-0.2, -0.15) is 0 Å². The van der Waals surface area contributed by atoms with Gasteiger partial charge < -0.3 is 4.74 Å². The minimum atomic E-state index is -3.55. The van der Waals surface area contributed by atoms with Crippen LogP contribution in [0, 0.1) is 5.92 Å². The second kappa shape index (κ2) is 7.04. The number of esters is 1. The Hall–Kier alpha value is -1.40. The third-order valence-electron chi connectivity index (χ3n) is 3.82. The Labute approximate surface area is 125 Å². The fourth-order valence-electron chi connectivity index (χ4n) is 2.54. The van der Waals surface area contributed by atoms with Crippen LogP contribution in [0.15, 0.2) is 29.2 Å². The molecule has 1 aromatic rings. The Morgan fingerprint density at radius 2 is 2.00 bits per heavy atom. The van der Waals surface area contributed by atoms with Gasteiger partial charge in [-0.15, -0.1) is 0 Å². The fourth-order valence-corrected chi connectivity index (χ4v) is 3.31. The SMILES string of the molecule is CNS(=O)(=O)c1cccc(C(=O)OCC2CCCCC2)c1. The molecule has 0 unspecified atom stereocenters. The quantitative estimate of drug-likeness (QED) is 0.847. The van der Waals surface area contributed by atoms with Crippen LogP contribution in [-0.2, 0) is 14.8 Å². The highest BCUT2D eigenvalue weighted by Crippen LogP contribution is 2.24. The van der Waals surface area contributed by atoms with Gasteiger partial charge in [-0.25, -0.2) is 17.9 Å². The first kappa shape index (κ1) is 16.0. The van der Waals surface area contributed by atoms with E-state index < -0.39 is 16.0 Å². The number of carbonyl (C=O) groups excluding carboxylic acids is 1. The molecule has 1 fully saturated rings. The molecule has 6 heteroatoms. The van der Waals surface area contributed by atoms with Crippen molar-refractivity contribution in [1.82, 2.24) is 4.72 Å². The van der Waals surface area contributed by atoms with E-state index in [4.69, 9.17) is 4.74 Å². The van der Waals surface area contributed by atoms with Crippen LogP contribution < -0.4 is 4.72 Å². The van der Waals surface area contributed by atoms with Gasteiger partial charge in [0.2, 0.25) is 10.0 Å². The zero-order chi connectivity index (χ0) is 15.3. The number of nitrogens with one attached hydrogen (secondary N) is 1. The minimum absolute atomic E-state index is 0.0668. The maximum absolute atomic E-state index is 12.0. The van der Waals surface area contributed by atoms with Crippen molar-refractivity contribution in [3.8, 4) is 0 Å². The van der Waals surface area contributed by atoms with Gasteiger partial charge in [-0.05, 0) is 44.0 Å². The van der Waals surface area contributed by atoms with Crippen molar-refractivity contribution < 1.29 is 17.9 Å². The van der Waals surface area contributed by atoms with Crippen LogP contribution >= 0.6 is 0 Å². The molecule has 0 bridgehead atoms. The van der Waals surface area contributed by atoms with Crippen molar-refractivity contribution in [3.05, 3.63) is 29.8 Å². The molecule has 1 N–H and O–H groups in total. The Kier molecular flexibility index (Phi) is 5.36. The topological polar surface area (TPSA) is 72.5 Å². The number of sulfonamides is 1. The average Bonchev–Trinajstić information content (AvgIpc) is 2.53. The van der Waals surface area contributed by atoms with Crippen molar-refractivity contribution in [2.24, 2.45) is 5.92 Å². The standard InChI is InChI=1S/C15H21NO4S/c1-16-21(18,19)14-9-5-8-13(10-14)15(17)20-11-12-6-3-2-4-7-12/h5,8-10,12,16H,2-4,6-7,11H2,1H3. The molecule has 1 aromatic carbocycles. The maximum Gasteiger partial charge on any atom is 0.338 e. The molecule has 5 nitrogen and oxygen atoms in total. The van der Waals surface area contributed by atoms with Crippen LogP contribution in [0.3, 0.4) is 0 Å². The van der Waals surface area contributed by atoms with Gasteiger partial charge in [0.25, 0.3) is 0 Å². The number of hydrogen-bond donors (Lipinski definition) is 1. The summed E-state index contributed by atoms with van der Waals surface area (Å²) in [7, 11) is -2.21. The van der Waals surface area contributed by atoms with E-state index in [-0.39, 0.29) is 10.5 Å². The Morgan fingerprint density at radius 3 is 2.67 bits per heavy atom. The van der Waals surface area contributed by atoms with Crippen LogP contribution in [0.5, 0.6) is 0 Å². The molecule has 21 heavy (non-hydrogen) atoms. The van der Waals surface area contributed by atoms with Gasteiger partial charge in [0.1, 0.15) is 0 Å². The van der Waals surface area contributed by atoms with Gasteiger partial charge >= 0.3 is 5.97 Å². The third-order valence-corrected chi connectivity index (χ3v) is 5.24. The van der Waals surface area contributed by atoms with E-state index in [1.54, 1.807) is 12.1 Å². The monoisotopic (exact) mass is 311 g/mol. The molecule has 0 aromatic heterocycles. The van der Waals surface area contributed by atoms with Gasteiger partial charge in [0, 0.05) is 0 Å². The molecule has 1 aliphatic carbocycles. The van der Waals surface area contributed by atoms with Crippen molar-refractivity contribution >= 4 is 16.0 Å². The van der Waals surface area contributed by atoms with E-state index in [1.807, 2.05) is 0 Å². The molecule has 0 aliphatic heterocycles. The summed E-state index contributed by atoms with van der Waals surface area (Å²) in [5.74, 6) is -0.0272. The molecular weight excluding hydrogens is 290 g/mol. The summed E-state index contributed by atoms with van der Waals surface area (Å²) in [4.78, 5) is 12.1. The summed E-state index contributed by atoms with van der Waals surface area (Å²) in [5.41, 5.74) is 0.266. The normalized spacial score (nSPS) is 16.6. The lowest BCUT2D eigenvalue weighted by Gasteiger charge is -2.21. The number of benzene rings is 1. The van der Waals surface area contributed by atoms with Crippen LogP contribution in [0.4, 0.5) is 0 Å². The molecule has 0 saturated heterocycles. The minimum Gasteiger partial charge on any atom is -0.462 e. The van der Waals surface area contributed by atoms with E-state index in [1.165, 1.54) is 38.4 Å². The van der Waals surface area contributed by atoms with Gasteiger partial charge in [0.05, 0.1) is 17.1 Å². The van der Waals surface area contributed by atoms with Crippen LogP contribution in [0.1, 0.15) is 42.5 Å². The highest BCUT2D eigenvalue weighted by atomic mass is 32.2. The maximum atomic E-state index is 12.0. The fraction of sp³-hybridized carbons (Fsp3) is 0.533. The largest absolute Gasteiger partial charge is 0.462 e. The summed E-state index contributed by atoms with van der Waals surface area (Å²) in [6.07, 6.45) is 5.84. The van der Waals surface area contributed by atoms with E-state index in [0.717, 1.165) is 12.8 Å². The molecule has 1 saturated carbocycles. The summed E-state index contributed by atoms with van der Waals surface area (Å²) < 4.78 is 31.0. The molecule has 0 spiro atoms. The molecule has 2 rings (SSSR count). The van der Waals surface area contributed by atoms with Crippen molar-refractivity contribution in [3.63, 3.8) is 0 Å². The summed E-state index contributed by atoms with van der Waals surface area (Å²) in [5, 5.41) is 0. The van der Waals surface area contributed by atoms with E-state index in [0.29, 0.717) is 12.5 Å². The number of carbonyl (C=O) groups is 1. The third kappa shape index (κ3) is 4.28. The van der Waals surface area contributed by atoms with E-state index >= 15 is 0 Å². The van der Waals surface area contributed by atoms with Crippen molar-refractivity contribution in [1.29, 1.82) is 0 Å². The molecular formula is C15H21NO4S. The predicted octanol–water partition coefficient (Wildman–Crippen LogP) is 2.33. The second-order valence-electron chi connectivity index (χ2n) is 5.34. The number of rotatable bonds is 5. The Morgan fingerprint density at radius 1 is 1.29 bits per heavy atom. The lowest BCUT2D eigenvalue weighted by molar-refractivity contribution is 0.0410. The smallest absolute Gasteiger partial charge is 0.338 e. The molecule has 0 atom stereocenters. The van der Waals surface area contributed by atoms with Gasteiger partial charge in [-0.3, -0.25) is 0 Å². The highest BCUT2D eigenvalue weighted by Gasteiger charge is 2.18. The molecule has 116 valence electrons. The van der Waals surface area contributed by atoms with Gasteiger partial charge in [-0.1, -0.05) is 25.3 Å². The first-order chi connectivity index (χ1) is 10.0. The Bertz CT molecular complexity index is 591. The van der Waals surface area contributed by atoms with E-state index in [9.17, 15) is 13.2 Å². The highest BCUT2D eigenvalue weighted by molar-refractivity contribution is 7.89.